The highest BCUT2D eigenvalue weighted by molar-refractivity contribution is 6.30. The van der Waals surface area contributed by atoms with Crippen LogP contribution in [0.5, 0.6) is 0 Å². The molecule has 2 unspecified atom stereocenters. The Morgan fingerprint density at radius 2 is 2.16 bits per heavy atom. The van der Waals surface area contributed by atoms with E-state index in [1.807, 2.05) is 12.1 Å². The molecule has 0 aliphatic carbocycles. The molecule has 2 nitrogen and oxygen atoms in total. The SMILES string of the molecule is CC1(CN2CCC(c3ccc(Cl)cc3)C2)CCNC1. The molecule has 2 aliphatic heterocycles. The van der Waals surface area contributed by atoms with E-state index in [0.29, 0.717) is 11.3 Å². The van der Waals surface area contributed by atoms with Gasteiger partial charge < -0.3 is 10.2 Å². The van der Waals surface area contributed by atoms with E-state index in [1.54, 1.807) is 0 Å². The van der Waals surface area contributed by atoms with Gasteiger partial charge in [0.05, 0.1) is 0 Å². The van der Waals surface area contributed by atoms with Crippen LogP contribution in [-0.4, -0.2) is 37.6 Å². The molecular formula is C16H23ClN2. The van der Waals surface area contributed by atoms with Crippen LogP contribution in [0.25, 0.3) is 0 Å². The van der Waals surface area contributed by atoms with Crippen LogP contribution in [0.2, 0.25) is 5.02 Å². The topological polar surface area (TPSA) is 15.3 Å². The molecule has 2 fully saturated rings. The Labute approximate surface area is 121 Å². The molecule has 2 heterocycles. The number of hydrogen-bond acceptors (Lipinski definition) is 2. The van der Waals surface area contributed by atoms with Crippen LogP contribution in [0, 0.1) is 5.41 Å². The molecule has 104 valence electrons. The summed E-state index contributed by atoms with van der Waals surface area (Å²) in [5.74, 6) is 0.690. The van der Waals surface area contributed by atoms with Crippen molar-refractivity contribution in [3.8, 4) is 0 Å². The monoisotopic (exact) mass is 278 g/mol. The molecule has 1 N–H and O–H groups in total. The number of nitrogens with one attached hydrogen (secondary N) is 1. The van der Waals surface area contributed by atoms with E-state index in [-0.39, 0.29) is 0 Å². The summed E-state index contributed by atoms with van der Waals surface area (Å²) in [5, 5.41) is 4.33. The van der Waals surface area contributed by atoms with Crippen LogP contribution in [0.1, 0.15) is 31.2 Å². The molecular weight excluding hydrogens is 256 g/mol. The van der Waals surface area contributed by atoms with Gasteiger partial charge in [0.15, 0.2) is 0 Å². The van der Waals surface area contributed by atoms with Gasteiger partial charge >= 0.3 is 0 Å². The maximum Gasteiger partial charge on any atom is 0.0406 e. The average Bonchev–Trinajstić information content (AvgIpc) is 3.00. The molecule has 1 aromatic carbocycles. The average molecular weight is 279 g/mol. The normalized spacial score (nSPS) is 32.0. The third-order valence-corrected chi connectivity index (χ3v) is 4.93. The van der Waals surface area contributed by atoms with Crippen LogP contribution >= 0.6 is 11.6 Å². The largest absolute Gasteiger partial charge is 0.316 e. The third kappa shape index (κ3) is 3.13. The molecule has 0 bridgehead atoms. The Balaban J connectivity index is 1.59. The van der Waals surface area contributed by atoms with Gasteiger partial charge in [-0.05, 0) is 55.0 Å². The molecule has 3 heteroatoms. The first kappa shape index (κ1) is 13.4. The van der Waals surface area contributed by atoms with Gasteiger partial charge in [-0.2, -0.15) is 0 Å². The summed E-state index contributed by atoms with van der Waals surface area (Å²) < 4.78 is 0. The van der Waals surface area contributed by atoms with E-state index in [0.717, 1.165) is 5.02 Å². The molecule has 2 saturated heterocycles. The number of hydrogen-bond donors (Lipinski definition) is 1. The molecule has 1 aromatic rings. The van der Waals surface area contributed by atoms with Crippen molar-refractivity contribution in [3.63, 3.8) is 0 Å². The van der Waals surface area contributed by atoms with Crippen molar-refractivity contribution in [2.75, 3.05) is 32.7 Å². The van der Waals surface area contributed by atoms with Crippen LogP contribution < -0.4 is 5.32 Å². The molecule has 3 rings (SSSR count). The highest BCUT2D eigenvalue weighted by Crippen LogP contribution is 2.32. The number of benzene rings is 1. The van der Waals surface area contributed by atoms with Crippen molar-refractivity contribution in [3.05, 3.63) is 34.9 Å². The van der Waals surface area contributed by atoms with E-state index in [4.69, 9.17) is 11.6 Å². The second kappa shape index (κ2) is 5.43. The Bertz CT molecular complexity index is 423. The van der Waals surface area contributed by atoms with Crippen LogP contribution in [0.3, 0.4) is 0 Å². The summed E-state index contributed by atoms with van der Waals surface area (Å²) >= 11 is 5.96. The Kier molecular flexibility index (Phi) is 3.84. The first-order valence-corrected chi connectivity index (χ1v) is 7.71. The fourth-order valence-corrected chi connectivity index (χ4v) is 3.65. The minimum Gasteiger partial charge on any atom is -0.316 e. The summed E-state index contributed by atoms with van der Waals surface area (Å²) in [6.07, 6.45) is 2.60. The number of nitrogens with zero attached hydrogens (tertiary/aromatic N) is 1. The molecule has 0 saturated carbocycles. The lowest BCUT2D eigenvalue weighted by Gasteiger charge is -2.29. The van der Waals surface area contributed by atoms with E-state index >= 15 is 0 Å². The lowest BCUT2D eigenvalue weighted by molar-refractivity contribution is 0.207. The van der Waals surface area contributed by atoms with E-state index < -0.39 is 0 Å². The predicted octanol–water partition coefficient (Wildman–Crippen LogP) is 3.13. The van der Waals surface area contributed by atoms with Gasteiger partial charge in [-0.15, -0.1) is 0 Å². The number of rotatable bonds is 3. The smallest absolute Gasteiger partial charge is 0.0406 e. The van der Waals surface area contributed by atoms with Crippen molar-refractivity contribution in [1.29, 1.82) is 0 Å². The minimum atomic E-state index is 0.481. The van der Waals surface area contributed by atoms with E-state index in [1.165, 1.54) is 51.1 Å². The Morgan fingerprint density at radius 3 is 2.84 bits per heavy atom. The molecule has 0 amide bonds. The summed E-state index contributed by atoms with van der Waals surface area (Å²) in [6, 6.07) is 8.41. The zero-order valence-electron chi connectivity index (χ0n) is 11.7. The summed E-state index contributed by atoms with van der Waals surface area (Å²) in [4.78, 5) is 2.65. The standard InChI is InChI=1S/C16H23ClN2/c1-16(7-8-18-11-16)12-19-9-6-14(10-19)13-2-4-15(17)5-3-13/h2-5,14,18H,6-12H2,1H3. The van der Waals surface area contributed by atoms with E-state index in [2.05, 4.69) is 29.3 Å². The maximum absolute atomic E-state index is 5.96. The second-order valence-corrected chi connectivity index (χ2v) is 6.95. The first-order valence-electron chi connectivity index (χ1n) is 7.33. The maximum atomic E-state index is 5.96. The highest BCUT2D eigenvalue weighted by Gasteiger charge is 2.33. The number of halogens is 1. The predicted molar refractivity (Wildman–Crippen MR) is 80.8 cm³/mol. The van der Waals surface area contributed by atoms with Gasteiger partial charge in [0, 0.05) is 24.7 Å². The lowest BCUT2D eigenvalue weighted by atomic mass is 9.89. The zero-order chi connectivity index (χ0) is 13.3. The fourth-order valence-electron chi connectivity index (χ4n) is 3.53. The van der Waals surface area contributed by atoms with Gasteiger partial charge in [0.1, 0.15) is 0 Å². The summed E-state index contributed by atoms with van der Waals surface area (Å²) in [7, 11) is 0. The van der Waals surface area contributed by atoms with Crippen LogP contribution in [0.4, 0.5) is 0 Å². The third-order valence-electron chi connectivity index (χ3n) is 4.68. The first-order chi connectivity index (χ1) is 9.15. The summed E-state index contributed by atoms with van der Waals surface area (Å²) in [5.41, 5.74) is 1.93. The quantitative estimate of drug-likeness (QED) is 0.914. The van der Waals surface area contributed by atoms with Gasteiger partial charge in [0.2, 0.25) is 0 Å². The van der Waals surface area contributed by atoms with Crippen LogP contribution in [-0.2, 0) is 0 Å². The van der Waals surface area contributed by atoms with Gasteiger partial charge in [0.25, 0.3) is 0 Å². The van der Waals surface area contributed by atoms with Crippen molar-refractivity contribution < 1.29 is 0 Å². The Morgan fingerprint density at radius 1 is 1.37 bits per heavy atom. The molecule has 2 atom stereocenters. The zero-order valence-corrected chi connectivity index (χ0v) is 12.4. The van der Waals surface area contributed by atoms with Crippen molar-refractivity contribution in [1.82, 2.24) is 10.2 Å². The van der Waals surface area contributed by atoms with Gasteiger partial charge in [-0.25, -0.2) is 0 Å². The fraction of sp³-hybridized carbons (Fsp3) is 0.625. The van der Waals surface area contributed by atoms with Gasteiger partial charge in [-0.3, -0.25) is 0 Å². The van der Waals surface area contributed by atoms with Crippen molar-refractivity contribution in [2.45, 2.75) is 25.7 Å². The molecule has 0 aromatic heterocycles. The highest BCUT2D eigenvalue weighted by atomic mass is 35.5. The molecule has 0 radical (unpaired) electrons. The van der Waals surface area contributed by atoms with E-state index in [9.17, 15) is 0 Å². The summed E-state index contributed by atoms with van der Waals surface area (Å²) in [6.45, 7) is 8.47. The van der Waals surface area contributed by atoms with Crippen molar-refractivity contribution >= 4 is 11.6 Å². The minimum absolute atomic E-state index is 0.481. The second-order valence-electron chi connectivity index (χ2n) is 6.51. The Hall–Kier alpha value is -0.570. The van der Waals surface area contributed by atoms with Crippen molar-refractivity contribution in [2.24, 2.45) is 5.41 Å². The molecule has 19 heavy (non-hydrogen) atoms. The molecule has 0 spiro atoms. The lowest BCUT2D eigenvalue weighted by Crippen LogP contribution is -2.36. The number of likely N-dealkylation sites (tertiary alicyclic amines) is 1. The molecule has 2 aliphatic rings. The van der Waals surface area contributed by atoms with Crippen LogP contribution in [0.15, 0.2) is 24.3 Å². The van der Waals surface area contributed by atoms with Gasteiger partial charge in [-0.1, -0.05) is 30.7 Å².